The highest BCUT2D eigenvalue weighted by Gasteiger charge is 2.18. The zero-order chi connectivity index (χ0) is 19.2. The number of carbonyl (C=O) groups excluding carboxylic acids is 1. The normalized spacial score (nSPS) is 18.6. The molecule has 0 bridgehead atoms. The van der Waals surface area contributed by atoms with Crippen molar-refractivity contribution < 1.29 is 4.79 Å². The molecule has 0 aliphatic carbocycles. The lowest BCUT2D eigenvalue weighted by Gasteiger charge is -2.24. The fraction of sp³-hybridized carbons (Fsp3) is 0.526. The largest absolute Gasteiger partial charge is 0.367 e. The Hall–Kier alpha value is -2.65. The van der Waals surface area contributed by atoms with Crippen molar-refractivity contribution in [2.75, 3.05) is 36.8 Å². The van der Waals surface area contributed by atoms with Gasteiger partial charge in [0.05, 0.1) is 0 Å². The third kappa shape index (κ3) is 4.79. The topological polar surface area (TPSA) is 117 Å². The number of hydrogen-bond donors (Lipinski definition) is 4. The number of rotatable bonds is 6. The first-order valence-corrected chi connectivity index (χ1v) is 9.91. The third-order valence-corrected chi connectivity index (χ3v) is 5.18. The number of nitrogens with one attached hydrogen (secondary N) is 4. The van der Waals surface area contributed by atoms with E-state index in [1.165, 1.54) is 12.7 Å². The van der Waals surface area contributed by atoms with Crippen molar-refractivity contribution in [3.8, 4) is 0 Å². The maximum Gasteiger partial charge on any atom is 0.230 e. The van der Waals surface area contributed by atoms with Crippen LogP contribution < -0.4 is 21.3 Å². The molecule has 2 aromatic heterocycles. The number of anilines is 2. The van der Waals surface area contributed by atoms with Crippen LogP contribution in [0.2, 0.25) is 0 Å². The van der Waals surface area contributed by atoms with Gasteiger partial charge >= 0.3 is 0 Å². The quantitative estimate of drug-likeness (QED) is 0.539. The molecular formula is C19H26N8O. The molecule has 148 valence electrons. The van der Waals surface area contributed by atoms with Crippen LogP contribution in [0.15, 0.2) is 24.8 Å². The number of carbonyl (C=O) groups is 1. The van der Waals surface area contributed by atoms with E-state index in [1.807, 2.05) is 0 Å². The highest BCUT2D eigenvalue weighted by molar-refractivity contribution is 6.06. The molecule has 2 aliphatic rings. The van der Waals surface area contributed by atoms with Crippen molar-refractivity contribution in [3.05, 3.63) is 36.2 Å². The molecule has 2 fully saturated rings. The van der Waals surface area contributed by atoms with Crippen LogP contribution in [0.25, 0.3) is 0 Å². The van der Waals surface area contributed by atoms with Gasteiger partial charge in [-0.05, 0) is 51.9 Å². The van der Waals surface area contributed by atoms with E-state index in [4.69, 9.17) is 0 Å². The molecule has 2 aromatic rings. The third-order valence-electron chi connectivity index (χ3n) is 5.18. The Balaban J connectivity index is 1.44. The van der Waals surface area contributed by atoms with Gasteiger partial charge in [0.2, 0.25) is 5.78 Å². The molecule has 28 heavy (non-hydrogen) atoms. The van der Waals surface area contributed by atoms with Crippen LogP contribution in [0.4, 0.5) is 11.6 Å². The summed E-state index contributed by atoms with van der Waals surface area (Å²) in [6.07, 6.45) is 6.98. The maximum atomic E-state index is 12.9. The summed E-state index contributed by atoms with van der Waals surface area (Å²) in [6.45, 7) is 3.95. The first kappa shape index (κ1) is 18.7. The first-order valence-electron chi connectivity index (χ1n) is 9.91. The summed E-state index contributed by atoms with van der Waals surface area (Å²) >= 11 is 0. The fourth-order valence-electron chi connectivity index (χ4n) is 3.60. The Morgan fingerprint density at radius 3 is 1.61 bits per heavy atom. The van der Waals surface area contributed by atoms with Crippen molar-refractivity contribution in [2.45, 2.75) is 37.8 Å². The van der Waals surface area contributed by atoms with Crippen LogP contribution in [-0.4, -0.2) is 64.0 Å². The van der Waals surface area contributed by atoms with E-state index in [1.54, 1.807) is 12.1 Å². The highest BCUT2D eigenvalue weighted by Crippen LogP contribution is 2.16. The lowest BCUT2D eigenvalue weighted by molar-refractivity contribution is 0.102. The molecule has 4 heterocycles. The Morgan fingerprint density at radius 2 is 1.18 bits per heavy atom. The molecule has 2 aliphatic heterocycles. The predicted octanol–water partition coefficient (Wildman–Crippen LogP) is 0.825. The molecule has 0 saturated carbocycles. The van der Waals surface area contributed by atoms with E-state index in [2.05, 4.69) is 41.2 Å². The highest BCUT2D eigenvalue weighted by atomic mass is 16.1. The molecule has 0 radical (unpaired) electrons. The average molecular weight is 382 g/mol. The van der Waals surface area contributed by atoms with Crippen LogP contribution >= 0.6 is 0 Å². The lowest BCUT2D eigenvalue weighted by Crippen LogP contribution is -2.35. The van der Waals surface area contributed by atoms with E-state index >= 15 is 0 Å². The number of nitrogens with zero attached hydrogens (tertiary/aromatic N) is 4. The van der Waals surface area contributed by atoms with Gasteiger partial charge in [0.25, 0.3) is 0 Å². The van der Waals surface area contributed by atoms with Crippen LogP contribution in [0, 0.1) is 0 Å². The van der Waals surface area contributed by atoms with E-state index in [0.29, 0.717) is 35.1 Å². The molecule has 4 rings (SSSR count). The summed E-state index contributed by atoms with van der Waals surface area (Å²) in [5.74, 6) is 1.12. The summed E-state index contributed by atoms with van der Waals surface area (Å²) in [6, 6.07) is 4.12. The zero-order valence-electron chi connectivity index (χ0n) is 15.8. The molecular weight excluding hydrogens is 356 g/mol. The summed E-state index contributed by atoms with van der Waals surface area (Å²) < 4.78 is 0. The standard InChI is InChI=1S/C19H26N8O/c28-19(15-9-17(24-11-22-15)26-13-1-5-20-6-2-13)16-10-18(25-12-23-16)27-14-3-7-21-8-4-14/h9-14,20-21H,1-8H2,(H,22,24,26)(H,23,25,27). The van der Waals surface area contributed by atoms with Crippen LogP contribution in [0.3, 0.4) is 0 Å². The van der Waals surface area contributed by atoms with Crippen molar-refractivity contribution >= 4 is 17.4 Å². The Morgan fingerprint density at radius 1 is 0.750 bits per heavy atom. The van der Waals surface area contributed by atoms with Crippen molar-refractivity contribution in [1.29, 1.82) is 0 Å². The molecule has 0 aromatic carbocycles. The van der Waals surface area contributed by atoms with Gasteiger partial charge in [0.15, 0.2) is 0 Å². The maximum absolute atomic E-state index is 12.9. The number of aromatic nitrogens is 4. The van der Waals surface area contributed by atoms with Gasteiger partial charge in [-0.2, -0.15) is 0 Å². The number of piperidine rings is 2. The van der Waals surface area contributed by atoms with E-state index in [9.17, 15) is 4.79 Å². The second-order valence-corrected chi connectivity index (χ2v) is 7.24. The first-order chi connectivity index (χ1) is 13.8. The Labute approximate surface area is 164 Å². The van der Waals surface area contributed by atoms with Crippen LogP contribution in [0.1, 0.15) is 41.9 Å². The minimum absolute atomic E-state index is 0.230. The van der Waals surface area contributed by atoms with Crippen molar-refractivity contribution in [2.24, 2.45) is 0 Å². The van der Waals surface area contributed by atoms with Gasteiger partial charge in [-0.15, -0.1) is 0 Å². The molecule has 4 N–H and O–H groups in total. The second kappa shape index (κ2) is 9.03. The minimum atomic E-state index is -0.230. The minimum Gasteiger partial charge on any atom is -0.367 e. The molecule has 9 nitrogen and oxygen atoms in total. The molecule has 9 heteroatoms. The Kier molecular flexibility index (Phi) is 6.03. The van der Waals surface area contributed by atoms with Crippen molar-refractivity contribution in [1.82, 2.24) is 30.6 Å². The lowest BCUT2D eigenvalue weighted by atomic mass is 10.1. The second-order valence-electron chi connectivity index (χ2n) is 7.24. The van der Waals surface area contributed by atoms with Crippen LogP contribution in [0.5, 0.6) is 0 Å². The van der Waals surface area contributed by atoms with E-state index in [0.717, 1.165) is 51.9 Å². The van der Waals surface area contributed by atoms with Gasteiger partial charge in [-0.3, -0.25) is 4.79 Å². The SMILES string of the molecule is O=C(c1cc(NC2CCNCC2)ncn1)c1cc(NC2CCNCC2)ncn1. The van der Waals surface area contributed by atoms with E-state index < -0.39 is 0 Å². The monoisotopic (exact) mass is 382 g/mol. The van der Waals surface area contributed by atoms with Crippen molar-refractivity contribution in [3.63, 3.8) is 0 Å². The molecule has 0 spiro atoms. The number of hydrogen-bond acceptors (Lipinski definition) is 9. The van der Waals surface area contributed by atoms with Gasteiger partial charge in [0.1, 0.15) is 35.7 Å². The fourth-order valence-corrected chi connectivity index (χ4v) is 3.60. The van der Waals surface area contributed by atoms with Gasteiger partial charge in [-0.25, -0.2) is 19.9 Å². The predicted molar refractivity (Wildman–Crippen MR) is 107 cm³/mol. The summed E-state index contributed by atoms with van der Waals surface area (Å²) in [4.78, 5) is 29.7. The molecule has 0 amide bonds. The summed E-state index contributed by atoms with van der Waals surface area (Å²) in [5.41, 5.74) is 0.663. The van der Waals surface area contributed by atoms with E-state index in [-0.39, 0.29) is 5.78 Å². The molecule has 0 atom stereocenters. The van der Waals surface area contributed by atoms with Gasteiger partial charge < -0.3 is 21.3 Å². The van der Waals surface area contributed by atoms with Gasteiger partial charge in [-0.1, -0.05) is 0 Å². The smallest absolute Gasteiger partial charge is 0.230 e. The zero-order valence-corrected chi connectivity index (χ0v) is 15.8. The summed E-state index contributed by atoms with van der Waals surface area (Å²) in [5, 5.41) is 13.5. The van der Waals surface area contributed by atoms with Crippen LogP contribution in [-0.2, 0) is 0 Å². The average Bonchev–Trinajstić information content (AvgIpc) is 2.75. The molecule has 2 saturated heterocycles. The Bertz CT molecular complexity index is 737. The molecule has 0 unspecified atom stereocenters. The summed E-state index contributed by atoms with van der Waals surface area (Å²) in [7, 11) is 0. The number of ketones is 1. The van der Waals surface area contributed by atoms with Gasteiger partial charge in [0, 0.05) is 24.2 Å².